The van der Waals surface area contributed by atoms with Crippen LogP contribution in [-0.2, 0) is 11.3 Å². The highest BCUT2D eigenvalue weighted by Gasteiger charge is 2.44. The summed E-state index contributed by atoms with van der Waals surface area (Å²) in [4.78, 5) is 15.8. The number of furan rings is 1. The smallest absolute Gasteiger partial charge is 0.416 e. The summed E-state index contributed by atoms with van der Waals surface area (Å²) in [5.74, 6) is 0.964. The number of carbonyl (C=O) groups excluding carboxylic acids is 1. The first-order valence-electron chi connectivity index (χ1n) is 8.61. The van der Waals surface area contributed by atoms with E-state index in [4.69, 9.17) is 9.15 Å². The van der Waals surface area contributed by atoms with Crippen molar-refractivity contribution < 1.29 is 27.1 Å². The lowest BCUT2D eigenvalue weighted by molar-refractivity contribution is -0.233. The van der Waals surface area contributed by atoms with Gasteiger partial charge in [-0.05, 0) is 44.0 Å². The lowest BCUT2D eigenvalue weighted by Crippen LogP contribution is -2.51. The van der Waals surface area contributed by atoms with Crippen LogP contribution in [-0.4, -0.2) is 60.8 Å². The Morgan fingerprint density at radius 2 is 1.96 bits per heavy atom. The van der Waals surface area contributed by atoms with Crippen LogP contribution in [0.1, 0.15) is 36.1 Å². The Morgan fingerprint density at radius 3 is 2.64 bits per heavy atom. The number of nitrogens with zero attached hydrogens (tertiary/aromatic N) is 2. The molecule has 0 unspecified atom stereocenters. The maximum atomic E-state index is 12.8. The third kappa shape index (κ3) is 4.55. The molecule has 3 rings (SSSR count). The Labute approximate surface area is 144 Å². The number of halogens is 3. The first-order chi connectivity index (χ1) is 11.8. The van der Waals surface area contributed by atoms with Crippen molar-refractivity contribution in [3.8, 4) is 0 Å². The minimum Gasteiger partial charge on any atom is -0.455 e. The maximum Gasteiger partial charge on any atom is 0.416 e. The van der Waals surface area contributed by atoms with Crippen LogP contribution >= 0.6 is 0 Å². The van der Waals surface area contributed by atoms with E-state index in [-0.39, 0.29) is 18.9 Å². The van der Waals surface area contributed by atoms with Crippen molar-refractivity contribution in [2.75, 3.05) is 32.8 Å². The predicted octanol–water partition coefficient (Wildman–Crippen LogP) is 2.91. The lowest BCUT2D eigenvalue weighted by atomic mass is 9.99. The zero-order valence-corrected chi connectivity index (χ0v) is 14.2. The van der Waals surface area contributed by atoms with Gasteiger partial charge in [0.2, 0.25) is 0 Å². The molecule has 25 heavy (non-hydrogen) atoms. The van der Waals surface area contributed by atoms with Crippen molar-refractivity contribution in [1.29, 1.82) is 0 Å². The normalized spacial score (nSPS) is 23.8. The van der Waals surface area contributed by atoms with Gasteiger partial charge in [-0.2, -0.15) is 13.2 Å². The fourth-order valence-electron chi connectivity index (χ4n) is 3.21. The third-order valence-electron chi connectivity index (χ3n) is 4.85. The van der Waals surface area contributed by atoms with Gasteiger partial charge in [0.05, 0.1) is 19.7 Å². The number of hydrogen-bond donors (Lipinski definition) is 0. The molecule has 5 nitrogen and oxygen atoms in total. The van der Waals surface area contributed by atoms with Gasteiger partial charge in [-0.3, -0.25) is 9.69 Å². The van der Waals surface area contributed by atoms with Crippen LogP contribution in [0.4, 0.5) is 13.2 Å². The van der Waals surface area contributed by atoms with E-state index in [2.05, 4.69) is 11.8 Å². The quantitative estimate of drug-likeness (QED) is 0.832. The van der Waals surface area contributed by atoms with E-state index in [1.807, 2.05) is 0 Å². The summed E-state index contributed by atoms with van der Waals surface area (Å²) in [5, 5.41) is 0. The molecule has 2 aliphatic rings. The van der Waals surface area contributed by atoms with Crippen molar-refractivity contribution in [2.24, 2.45) is 5.92 Å². The molecule has 1 aromatic rings. The number of likely N-dealkylation sites (tertiary alicyclic amines) is 1. The zero-order chi connectivity index (χ0) is 18.0. The summed E-state index contributed by atoms with van der Waals surface area (Å²) < 4.78 is 48.7. The van der Waals surface area contributed by atoms with E-state index in [0.29, 0.717) is 12.3 Å². The van der Waals surface area contributed by atoms with Crippen LogP contribution in [0.2, 0.25) is 0 Å². The topological polar surface area (TPSA) is 45.9 Å². The van der Waals surface area contributed by atoms with E-state index >= 15 is 0 Å². The standard InChI is InChI=1S/C17H23F3N2O3/c1-12-4-6-21(7-5-12)10-13-2-3-14(25-13)16(23)22-8-9-24-15(11-22)17(18,19)20/h2-3,12,15H,4-11H2,1H3/t15-/m1/s1. The molecule has 0 spiro atoms. The van der Waals surface area contributed by atoms with Crippen LogP contribution in [0.5, 0.6) is 0 Å². The Bertz CT molecular complexity index is 594. The Kier molecular flexibility index (Phi) is 5.38. The van der Waals surface area contributed by atoms with Crippen LogP contribution in [0, 0.1) is 5.92 Å². The molecule has 0 radical (unpaired) electrons. The minimum atomic E-state index is -4.47. The van der Waals surface area contributed by atoms with Gasteiger partial charge >= 0.3 is 6.18 Å². The molecule has 2 saturated heterocycles. The molecule has 3 heterocycles. The van der Waals surface area contributed by atoms with Crippen LogP contribution in [0.15, 0.2) is 16.5 Å². The molecule has 140 valence electrons. The monoisotopic (exact) mass is 360 g/mol. The molecule has 0 aliphatic carbocycles. The highest BCUT2D eigenvalue weighted by molar-refractivity contribution is 5.91. The first-order valence-corrected chi connectivity index (χ1v) is 8.61. The maximum absolute atomic E-state index is 12.8. The van der Waals surface area contributed by atoms with E-state index < -0.39 is 24.7 Å². The van der Waals surface area contributed by atoms with Crippen LogP contribution in [0.3, 0.4) is 0 Å². The van der Waals surface area contributed by atoms with Crippen LogP contribution in [0.25, 0.3) is 0 Å². The number of ether oxygens (including phenoxy) is 1. The van der Waals surface area contributed by atoms with Gasteiger partial charge in [0.25, 0.3) is 5.91 Å². The number of amides is 1. The predicted molar refractivity (Wildman–Crippen MR) is 84.1 cm³/mol. The molecule has 1 amide bonds. The fourth-order valence-corrected chi connectivity index (χ4v) is 3.21. The van der Waals surface area contributed by atoms with Crippen molar-refractivity contribution in [3.63, 3.8) is 0 Å². The van der Waals surface area contributed by atoms with Gasteiger partial charge < -0.3 is 14.1 Å². The average Bonchev–Trinajstić information content (AvgIpc) is 3.04. The molecule has 0 bridgehead atoms. The number of alkyl halides is 3. The zero-order valence-electron chi connectivity index (χ0n) is 14.2. The largest absolute Gasteiger partial charge is 0.455 e. The highest BCUT2D eigenvalue weighted by Crippen LogP contribution is 2.26. The molecule has 8 heteroatoms. The molecule has 2 fully saturated rings. The molecule has 1 aromatic heterocycles. The summed E-state index contributed by atoms with van der Waals surface area (Å²) in [6, 6.07) is 3.27. The van der Waals surface area contributed by atoms with E-state index in [1.54, 1.807) is 12.1 Å². The molecular formula is C17H23F3N2O3. The Balaban J connectivity index is 1.58. The van der Waals surface area contributed by atoms with Gasteiger partial charge in [-0.15, -0.1) is 0 Å². The summed E-state index contributed by atoms with van der Waals surface area (Å²) in [6.07, 6.45) is -4.13. The SMILES string of the molecule is CC1CCN(Cc2ccc(C(=O)N3CCO[C@@H](C(F)(F)F)C3)o2)CC1. The first kappa shape index (κ1) is 18.3. The van der Waals surface area contributed by atoms with E-state index in [0.717, 1.165) is 36.7 Å². The molecule has 1 atom stereocenters. The second-order valence-electron chi connectivity index (χ2n) is 6.88. The Morgan fingerprint density at radius 1 is 1.24 bits per heavy atom. The summed E-state index contributed by atoms with van der Waals surface area (Å²) in [6.45, 7) is 4.33. The second-order valence-corrected chi connectivity index (χ2v) is 6.88. The number of rotatable bonds is 3. The number of piperidine rings is 1. The molecule has 0 N–H and O–H groups in total. The van der Waals surface area contributed by atoms with Gasteiger partial charge in [0.1, 0.15) is 5.76 Å². The second kappa shape index (κ2) is 7.37. The average molecular weight is 360 g/mol. The number of carbonyl (C=O) groups is 1. The summed E-state index contributed by atoms with van der Waals surface area (Å²) >= 11 is 0. The van der Waals surface area contributed by atoms with Crippen molar-refractivity contribution in [3.05, 3.63) is 23.7 Å². The minimum absolute atomic E-state index is 0.0863. The number of morpholine rings is 1. The number of hydrogen-bond acceptors (Lipinski definition) is 4. The summed E-state index contributed by atoms with van der Waals surface area (Å²) in [5.41, 5.74) is 0. The van der Waals surface area contributed by atoms with Gasteiger partial charge in [-0.1, -0.05) is 6.92 Å². The summed E-state index contributed by atoms with van der Waals surface area (Å²) in [7, 11) is 0. The van der Waals surface area contributed by atoms with Gasteiger partial charge in [-0.25, -0.2) is 0 Å². The van der Waals surface area contributed by atoms with E-state index in [1.165, 1.54) is 0 Å². The molecule has 0 saturated carbocycles. The Hall–Kier alpha value is -1.54. The van der Waals surface area contributed by atoms with Crippen LogP contribution < -0.4 is 0 Å². The molecule has 0 aromatic carbocycles. The van der Waals surface area contributed by atoms with Crippen molar-refractivity contribution >= 4 is 5.91 Å². The lowest BCUT2D eigenvalue weighted by Gasteiger charge is -2.33. The van der Waals surface area contributed by atoms with Crippen molar-refractivity contribution in [2.45, 2.75) is 38.6 Å². The third-order valence-corrected chi connectivity index (χ3v) is 4.85. The fraction of sp³-hybridized carbons (Fsp3) is 0.706. The highest BCUT2D eigenvalue weighted by atomic mass is 19.4. The molecule has 2 aliphatic heterocycles. The van der Waals surface area contributed by atoms with Gasteiger partial charge in [0, 0.05) is 6.54 Å². The molecular weight excluding hydrogens is 337 g/mol. The van der Waals surface area contributed by atoms with Gasteiger partial charge in [0.15, 0.2) is 11.9 Å². The van der Waals surface area contributed by atoms with E-state index in [9.17, 15) is 18.0 Å². The van der Waals surface area contributed by atoms with Crippen molar-refractivity contribution in [1.82, 2.24) is 9.80 Å².